The van der Waals surface area contributed by atoms with Gasteiger partial charge in [-0.3, -0.25) is 14.4 Å². The van der Waals surface area contributed by atoms with Crippen molar-refractivity contribution in [1.82, 2.24) is 24.6 Å². The second-order valence-electron chi connectivity index (χ2n) is 7.86. The van der Waals surface area contributed by atoms with Gasteiger partial charge in [-0.1, -0.05) is 13.8 Å². The largest absolute Gasteiger partial charge is 0.354 e. The molecule has 1 N–H and O–H groups in total. The minimum absolute atomic E-state index is 0.00706. The van der Waals surface area contributed by atoms with E-state index in [2.05, 4.69) is 39.0 Å². The van der Waals surface area contributed by atoms with Gasteiger partial charge in [0.15, 0.2) is 0 Å². The number of hydrogen-bond acceptors (Lipinski definition) is 6. The van der Waals surface area contributed by atoms with E-state index in [0.29, 0.717) is 12.5 Å². The van der Waals surface area contributed by atoms with E-state index < -0.39 is 0 Å². The number of nitrogens with one attached hydrogen (secondary N) is 1. The van der Waals surface area contributed by atoms with Gasteiger partial charge in [0.2, 0.25) is 5.91 Å². The van der Waals surface area contributed by atoms with Crippen molar-refractivity contribution in [3.63, 3.8) is 0 Å². The zero-order valence-electron chi connectivity index (χ0n) is 17.8. The molecule has 1 aliphatic rings. The molecule has 0 bridgehead atoms. The smallest absolute Gasteiger partial charge is 0.238 e. The Morgan fingerprint density at radius 2 is 1.82 bits per heavy atom. The first-order chi connectivity index (χ1) is 13.2. The van der Waals surface area contributed by atoms with Crippen molar-refractivity contribution < 1.29 is 4.79 Å². The highest BCUT2D eigenvalue weighted by atomic mass is 16.2. The Morgan fingerprint density at radius 1 is 1.14 bits per heavy atom. The Balaban J connectivity index is 1.56. The molecule has 0 radical (unpaired) electrons. The molecule has 8 heteroatoms. The number of amides is 1. The first-order valence-corrected chi connectivity index (χ1v) is 9.87. The third-order valence-corrected chi connectivity index (χ3v) is 5.21. The van der Waals surface area contributed by atoms with Gasteiger partial charge in [-0.15, -0.1) is 0 Å². The molecule has 1 saturated heterocycles. The lowest BCUT2D eigenvalue weighted by Gasteiger charge is -2.35. The Kier molecular flexibility index (Phi) is 5.98. The SMILES string of the molecule is Cc1cc(N2CCN(CC(=O)Nc3c(C)nn(C)c3C)CC2)nc(C(C)C)n1. The second-order valence-corrected chi connectivity index (χ2v) is 7.86. The van der Waals surface area contributed by atoms with E-state index in [4.69, 9.17) is 4.98 Å². The lowest BCUT2D eigenvalue weighted by molar-refractivity contribution is -0.117. The summed E-state index contributed by atoms with van der Waals surface area (Å²) in [4.78, 5) is 26.2. The van der Waals surface area contributed by atoms with Crippen molar-refractivity contribution in [2.24, 2.45) is 7.05 Å². The number of carbonyl (C=O) groups is 1. The molecular formula is C20H31N7O. The van der Waals surface area contributed by atoms with E-state index in [-0.39, 0.29) is 5.91 Å². The van der Waals surface area contributed by atoms with Gasteiger partial charge >= 0.3 is 0 Å². The fourth-order valence-corrected chi connectivity index (χ4v) is 3.47. The fraction of sp³-hybridized carbons (Fsp3) is 0.600. The first kappa shape index (κ1) is 20.3. The zero-order valence-corrected chi connectivity index (χ0v) is 17.8. The zero-order chi connectivity index (χ0) is 20.4. The summed E-state index contributed by atoms with van der Waals surface area (Å²) in [6.07, 6.45) is 0. The predicted octanol–water partition coefficient (Wildman–Crippen LogP) is 2.02. The van der Waals surface area contributed by atoms with Gasteiger partial charge in [-0.2, -0.15) is 5.10 Å². The van der Waals surface area contributed by atoms with E-state index >= 15 is 0 Å². The molecule has 152 valence electrons. The molecule has 0 spiro atoms. The van der Waals surface area contributed by atoms with Crippen LogP contribution in [-0.4, -0.2) is 63.3 Å². The third kappa shape index (κ3) is 4.49. The van der Waals surface area contributed by atoms with Gasteiger partial charge in [0.05, 0.1) is 23.6 Å². The molecule has 0 atom stereocenters. The molecule has 1 amide bonds. The van der Waals surface area contributed by atoms with Crippen LogP contribution in [0.25, 0.3) is 0 Å². The fourth-order valence-electron chi connectivity index (χ4n) is 3.47. The second kappa shape index (κ2) is 8.26. The van der Waals surface area contributed by atoms with E-state index in [0.717, 1.165) is 60.6 Å². The highest BCUT2D eigenvalue weighted by Crippen LogP contribution is 2.20. The molecule has 3 heterocycles. The van der Waals surface area contributed by atoms with Crippen LogP contribution in [0.1, 0.15) is 42.7 Å². The number of nitrogens with zero attached hydrogens (tertiary/aromatic N) is 6. The highest BCUT2D eigenvalue weighted by Gasteiger charge is 2.22. The van der Waals surface area contributed by atoms with E-state index in [1.165, 1.54) is 0 Å². The van der Waals surface area contributed by atoms with Crippen LogP contribution in [0.4, 0.5) is 11.5 Å². The molecule has 28 heavy (non-hydrogen) atoms. The molecular weight excluding hydrogens is 354 g/mol. The lowest BCUT2D eigenvalue weighted by Crippen LogP contribution is -2.49. The van der Waals surface area contributed by atoms with Crippen LogP contribution in [-0.2, 0) is 11.8 Å². The third-order valence-electron chi connectivity index (χ3n) is 5.21. The summed E-state index contributed by atoms with van der Waals surface area (Å²) in [6.45, 7) is 13.9. The molecule has 0 aromatic carbocycles. The Morgan fingerprint density at radius 3 is 2.39 bits per heavy atom. The van der Waals surface area contributed by atoms with Crippen molar-refractivity contribution in [1.29, 1.82) is 0 Å². The van der Waals surface area contributed by atoms with Gasteiger partial charge < -0.3 is 10.2 Å². The minimum atomic E-state index is 0.00706. The number of carbonyl (C=O) groups excluding carboxylic acids is 1. The van der Waals surface area contributed by atoms with E-state index in [1.54, 1.807) is 4.68 Å². The standard InChI is InChI=1S/C20H31N7O/c1-13(2)20-21-14(3)11-17(22-20)27-9-7-26(8-10-27)12-18(28)23-19-15(4)24-25(6)16(19)5/h11,13H,7-10,12H2,1-6H3,(H,23,28). The van der Waals surface area contributed by atoms with E-state index in [9.17, 15) is 4.79 Å². The summed E-state index contributed by atoms with van der Waals surface area (Å²) in [6, 6.07) is 2.04. The summed E-state index contributed by atoms with van der Waals surface area (Å²) in [5, 5.41) is 7.37. The van der Waals surface area contributed by atoms with Crippen LogP contribution in [0.2, 0.25) is 0 Å². The average molecular weight is 386 g/mol. The number of hydrogen-bond donors (Lipinski definition) is 1. The topological polar surface area (TPSA) is 79.2 Å². The Hall–Kier alpha value is -2.48. The van der Waals surface area contributed by atoms with Crippen molar-refractivity contribution in [3.05, 3.63) is 29.0 Å². The molecule has 2 aromatic heterocycles. The molecule has 0 saturated carbocycles. The minimum Gasteiger partial charge on any atom is -0.354 e. The van der Waals surface area contributed by atoms with Crippen LogP contribution in [0.15, 0.2) is 6.07 Å². The molecule has 1 fully saturated rings. The summed E-state index contributed by atoms with van der Waals surface area (Å²) in [5.41, 5.74) is 3.63. The van der Waals surface area contributed by atoms with Gasteiger partial charge in [0.1, 0.15) is 11.6 Å². The molecule has 0 aliphatic carbocycles. The first-order valence-electron chi connectivity index (χ1n) is 9.87. The molecule has 1 aliphatic heterocycles. The summed E-state index contributed by atoms with van der Waals surface area (Å²) in [5.74, 6) is 2.19. The van der Waals surface area contributed by atoms with Crippen LogP contribution in [0, 0.1) is 20.8 Å². The van der Waals surface area contributed by atoms with Crippen molar-refractivity contribution in [2.45, 2.75) is 40.5 Å². The molecule has 0 unspecified atom stereocenters. The van der Waals surface area contributed by atoms with Gasteiger partial charge in [-0.25, -0.2) is 9.97 Å². The maximum absolute atomic E-state index is 12.5. The molecule has 2 aromatic rings. The Bertz CT molecular complexity index is 850. The van der Waals surface area contributed by atoms with Crippen LogP contribution in [0.3, 0.4) is 0 Å². The van der Waals surface area contributed by atoms with Gasteiger partial charge in [0.25, 0.3) is 0 Å². The summed E-state index contributed by atoms with van der Waals surface area (Å²) < 4.78 is 1.79. The summed E-state index contributed by atoms with van der Waals surface area (Å²) >= 11 is 0. The van der Waals surface area contributed by atoms with E-state index in [1.807, 2.05) is 33.9 Å². The van der Waals surface area contributed by atoms with Crippen molar-refractivity contribution >= 4 is 17.4 Å². The quantitative estimate of drug-likeness (QED) is 0.848. The normalized spacial score (nSPS) is 15.3. The maximum atomic E-state index is 12.5. The highest BCUT2D eigenvalue weighted by molar-refractivity contribution is 5.93. The molecule has 3 rings (SSSR count). The number of piperazine rings is 1. The lowest BCUT2D eigenvalue weighted by atomic mass is 10.2. The van der Waals surface area contributed by atoms with Crippen molar-refractivity contribution in [3.8, 4) is 0 Å². The number of rotatable bonds is 5. The van der Waals surface area contributed by atoms with Crippen LogP contribution in [0.5, 0.6) is 0 Å². The van der Waals surface area contributed by atoms with Gasteiger partial charge in [0, 0.05) is 50.9 Å². The Labute approximate surface area is 167 Å². The summed E-state index contributed by atoms with van der Waals surface area (Å²) in [7, 11) is 1.89. The average Bonchev–Trinajstić information content (AvgIpc) is 2.88. The van der Waals surface area contributed by atoms with Crippen LogP contribution >= 0.6 is 0 Å². The predicted molar refractivity (Wildman–Crippen MR) is 111 cm³/mol. The van der Waals surface area contributed by atoms with Gasteiger partial charge in [-0.05, 0) is 20.8 Å². The molecule has 8 nitrogen and oxygen atoms in total. The number of aromatic nitrogens is 4. The number of anilines is 2. The number of aryl methyl sites for hydroxylation is 3. The van der Waals surface area contributed by atoms with Crippen LogP contribution < -0.4 is 10.2 Å². The maximum Gasteiger partial charge on any atom is 0.238 e. The monoisotopic (exact) mass is 385 g/mol. The van der Waals surface area contributed by atoms with Crippen molar-refractivity contribution in [2.75, 3.05) is 42.9 Å².